The van der Waals surface area contributed by atoms with E-state index >= 15 is 0 Å². The molecular formula is C28H24N6O. The second-order valence-corrected chi connectivity index (χ2v) is 8.83. The van der Waals surface area contributed by atoms with Gasteiger partial charge in [-0.25, -0.2) is 15.0 Å². The Balaban J connectivity index is 1.21. The fourth-order valence-electron chi connectivity index (χ4n) is 4.45. The van der Waals surface area contributed by atoms with Crippen LogP contribution < -0.4 is 10.2 Å². The van der Waals surface area contributed by atoms with E-state index in [0.717, 1.165) is 39.5 Å². The van der Waals surface area contributed by atoms with Crippen LogP contribution in [0.15, 0.2) is 91.4 Å². The molecule has 0 saturated carbocycles. The van der Waals surface area contributed by atoms with Crippen LogP contribution in [0.25, 0.3) is 28.2 Å². The summed E-state index contributed by atoms with van der Waals surface area (Å²) in [4.78, 5) is 29.0. The van der Waals surface area contributed by atoms with Gasteiger partial charge in [-0.3, -0.25) is 9.20 Å². The number of nitrogens with zero attached hydrogens (tertiary/aromatic N) is 5. The van der Waals surface area contributed by atoms with E-state index in [4.69, 9.17) is 4.98 Å². The molecule has 0 spiro atoms. The smallest absolute Gasteiger partial charge is 0.232 e. The number of aryl methyl sites for hydroxylation is 1. The van der Waals surface area contributed by atoms with Gasteiger partial charge in [0.15, 0.2) is 0 Å². The molecule has 0 unspecified atom stereocenters. The number of hydrogen-bond donors (Lipinski definition) is 1. The van der Waals surface area contributed by atoms with E-state index in [9.17, 15) is 4.79 Å². The van der Waals surface area contributed by atoms with Crippen molar-refractivity contribution >= 4 is 23.2 Å². The van der Waals surface area contributed by atoms with E-state index in [0.29, 0.717) is 18.9 Å². The lowest BCUT2D eigenvalue weighted by molar-refractivity contribution is -0.120. The summed E-state index contributed by atoms with van der Waals surface area (Å²) in [5, 5.41) is 3.16. The first kappa shape index (κ1) is 21.0. The summed E-state index contributed by atoms with van der Waals surface area (Å²) in [7, 11) is 0. The van der Waals surface area contributed by atoms with Gasteiger partial charge in [-0.1, -0.05) is 60.2 Å². The Morgan fingerprint density at radius 2 is 1.71 bits per heavy atom. The third-order valence-corrected chi connectivity index (χ3v) is 6.36. The van der Waals surface area contributed by atoms with Crippen molar-refractivity contribution in [3.8, 4) is 22.5 Å². The molecule has 2 aromatic carbocycles. The second kappa shape index (κ2) is 8.68. The number of fused-ring (bicyclic) bond motifs is 1. The number of amides is 1. The summed E-state index contributed by atoms with van der Waals surface area (Å²) >= 11 is 0. The Kier molecular flexibility index (Phi) is 5.22. The molecule has 0 bridgehead atoms. The highest BCUT2D eigenvalue weighted by Crippen LogP contribution is 2.31. The molecule has 7 heteroatoms. The second-order valence-electron chi connectivity index (χ2n) is 8.83. The zero-order valence-corrected chi connectivity index (χ0v) is 19.3. The van der Waals surface area contributed by atoms with Crippen LogP contribution in [-0.4, -0.2) is 38.3 Å². The van der Waals surface area contributed by atoms with Crippen molar-refractivity contribution in [3.05, 3.63) is 97.0 Å². The monoisotopic (exact) mass is 460 g/mol. The first-order chi connectivity index (χ1) is 17.2. The molecule has 35 heavy (non-hydrogen) atoms. The normalized spacial score (nSPS) is 13.6. The fraction of sp³-hybridized carbons (Fsp3) is 0.143. The third kappa shape index (κ3) is 4.01. The third-order valence-electron chi connectivity index (χ3n) is 6.36. The van der Waals surface area contributed by atoms with Crippen molar-refractivity contribution in [1.29, 1.82) is 0 Å². The molecule has 4 heterocycles. The van der Waals surface area contributed by atoms with Crippen LogP contribution in [0.3, 0.4) is 0 Å². The summed E-state index contributed by atoms with van der Waals surface area (Å²) < 4.78 is 1.93. The molecule has 0 radical (unpaired) electrons. The van der Waals surface area contributed by atoms with Crippen LogP contribution in [0.1, 0.15) is 5.56 Å². The minimum atomic E-state index is -0.134. The molecule has 1 amide bonds. The molecule has 1 aliphatic rings. The van der Waals surface area contributed by atoms with Gasteiger partial charge in [0.1, 0.15) is 29.3 Å². The van der Waals surface area contributed by atoms with Gasteiger partial charge in [0.2, 0.25) is 5.91 Å². The molecule has 7 nitrogen and oxygen atoms in total. The van der Waals surface area contributed by atoms with Gasteiger partial charge in [0.25, 0.3) is 0 Å². The summed E-state index contributed by atoms with van der Waals surface area (Å²) in [6, 6.07) is 26.0. The van der Waals surface area contributed by atoms with E-state index in [1.165, 1.54) is 0 Å². The quantitative estimate of drug-likeness (QED) is 0.406. The molecule has 6 rings (SSSR count). The van der Waals surface area contributed by atoms with Crippen molar-refractivity contribution < 1.29 is 4.79 Å². The van der Waals surface area contributed by atoms with Crippen molar-refractivity contribution in [3.63, 3.8) is 0 Å². The number of benzene rings is 2. The Morgan fingerprint density at radius 1 is 0.914 bits per heavy atom. The maximum atomic E-state index is 13.2. The Bertz CT molecular complexity index is 1520. The van der Waals surface area contributed by atoms with E-state index in [2.05, 4.69) is 39.2 Å². The topological polar surface area (TPSA) is 75.4 Å². The van der Waals surface area contributed by atoms with Crippen LogP contribution >= 0.6 is 0 Å². The zero-order chi connectivity index (χ0) is 23.8. The average molecular weight is 461 g/mol. The van der Waals surface area contributed by atoms with E-state index in [-0.39, 0.29) is 11.8 Å². The number of pyridine rings is 1. The van der Waals surface area contributed by atoms with Gasteiger partial charge in [-0.15, -0.1) is 0 Å². The van der Waals surface area contributed by atoms with E-state index in [1.54, 1.807) is 6.33 Å². The van der Waals surface area contributed by atoms with Gasteiger partial charge < -0.3 is 10.2 Å². The largest absolute Gasteiger partial charge is 0.355 e. The van der Waals surface area contributed by atoms with Crippen molar-refractivity contribution in [2.75, 3.05) is 23.3 Å². The van der Waals surface area contributed by atoms with Gasteiger partial charge in [-0.2, -0.15) is 0 Å². The van der Waals surface area contributed by atoms with Gasteiger partial charge >= 0.3 is 0 Å². The maximum absolute atomic E-state index is 13.2. The molecule has 0 aliphatic carbocycles. The number of imidazole rings is 1. The van der Waals surface area contributed by atoms with Crippen LogP contribution in [0.5, 0.6) is 0 Å². The van der Waals surface area contributed by atoms with Gasteiger partial charge in [0.05, 0.1) is 11.6 Å². The van der Waals surface area contributed by atoms with E-state index in [1.807, 2.05) is 77.3 Å². The highest BCUT2D eigenvalue weighted by atomic mass is 16.2. The summed E-state index contributed by atoms with van der Waals surface area (Å²) in [6.45, 7) is 3.26. The van der Waals surface area contributed by atoms with Crippen molar-refractivity contribution in [1.82, 2.24) is 19.4 Å². The Labute approximate surface area is 203 Å². The molecule has 172 valence electrons. The Morgan fingerprint density at radius 3 is 2.54 bits per heavy atom. The highest BCUT2D eigenvalue weighted by molar-refractivity contribution is 5.97. The zero-order valence-electron chi connectivity index (χ0n) is 19.3. The number of aromatic nitrogens is 4. The lowest BCUT2D eigenvalue weighted by Gasteiger charge is -2.39. The molecular weight excluding hydrogens is 436 g/mol. The molecule has 0 atom stereocenters. The molecule has 1 aliphatic heterocycles. The first-order valence-electron chi connectivity index (χ1n) is 11.6. The first-order valence-corrected chi connectivity index (χ1v) is 11.6. The minimum Gasteiger partial charge on any atom is -0.355 e. The van der Waals surface area contributed by atoms with E-state index < -0.39 is 0 Å². The van der Waals surface area contributed by atoms with Gasteiger partial charge in [0, 0.05) is 36.5 Å². The van der Waals surface area contributed by atoms with Gasteiger partial charge in [-0.05, 0) is 25.1 Å². The lowest BCUT2D eigenvalue weighted by Crippen LogP contribution is -2.52. The summed E-state index contributed by atoms with van der Waals surface area (Å²) in [6.07, 6.45) is 3.51. The number of rotatable bonds is 5. The molecule has 1 saturated heterocycles. The summed E-state index contributed by atoms with van der Waals surface area (Å²) in [5.41, 5.74) is 5.61. The number of nitrogens with one attached hydrogen (secondary N) is 1. The predicted molar refractivity (Wildman–Crippen MR) is 137 cm³/mol. The lowest BCUT2D eigenvalue weighted by atomic mass is 9.99. The number of anilines is 2. The van der Waals surface area contributed by atoms with Crippen molar-refractivity contribution in [2.45, 2.75) is 6.92 Å². The number of carbonyl (C=O) groups excluding carboxylic acids is 1. The minimum absolute atomic E-state index is 0.0156. The number of hydrogen-bond acceptors (Lipinski definition) is 5. The standard InChI is InChI=1S/C28H24N6O/c1-19-8-7-11-21(14-19)26-27(34-13-6-5-12-24(34)31-26)32-28(35)22-16-33(17-22)25-15-23(29-18-30-25)20-9-3-2-4-10-20/h2-15,18,22H,16-17H2,1H3,(H,32,35). The molecule has 5 aromatic rings. The fourth-order valence-corrected chi connectivity index (χ4v) is 4.45. The van der Waals surface area contributed by atoms with Crippen molar-refractivity contribution in [2.24, 2.45) is 5.92 Å². The van der Waals surface area contributed by atoms with Crippen LogP contribution in [0, 0.1) is 12.8 Å². The van der Waals surface area contributed by atoms with Crippen LogP contribution in [-0.2, 0) is 4.79 Å². The molecule has 3 aromatic heterocycles. The maximum Gasteiger partial charge on any atom is 0.232 e. The summed E-state index contributed by atoms with van der Waals surface area (Å²) in [5.74, 6) is 1.38. The average Bonchev–Trinajstić information content (AvgIpc) is 3.22. The highest BCUT2D eigenvalue weighted by Gasteiger charge is 2.34. The SMILES string of the molecule is Cc1cccc(-c2nc3ccccn3c2NC(=O)C2CN(c3cc(-c4ccccc4)ncn3)C2)c1. The van der Waals surface area contributed by atoms with Crippen LogP contribution in [0.2, 0.25) is 0 Å². The Hall–Kier alpha value is -4.52. The predicted octanol–water partition coefficient (Wildman–Crippen LogP) is 4.84. The molecule has 1 fully saturated rings. The number of carbonyl (C=O) groups is 1. The molecule has 1 N–H and O–H groups in total. The van der Waals surface area contributed by atoms with Crippen LogP contribution in [0.4, 0.5) is 11.6 Å².